The summed E-state index contributed by atoms with van der Waals surface area (Å²) in [5.74, 6) is -0.143. The maximum absolute atomic E-state index is 12.7. The number of benzene rings is 1. The maximum atomic E-state index is 12.7. The number of carbonyl (C=O) groups is 1. The Morgan fingerprint density at radius 2 is 2.00 bits per heavy atom. The lowest BCUT2D eigenvalue weighted by atomic mass is 10.0. The average molecular weight is 519 g/mol. The van der Waals surface area contributed by atoms with Crippen LogP contribution >= 0.6 is 11.8 Å². The van der Waals surface area contributed by atoms with Crippen LogP contribution in [-0.2, 0) is 7.05 Å². The van der Waals surface area contributed by atoms with Gasteiger partial charge in [-0.05, 0) is 48.9 Å². The number of aromatic nitrogens is 6. The third-order valence-electron chi connectivity index (χ3n) is 5.34. The number of fused-ring (bicyclic) bond motifs is 1. The van der Waals surface area contributed by atoms with Gasteiger partial charge in [-0.1, -0.05) is 13.0 Å². The summed E-state index contributed by atoms with van der Waals surface area (Å²) >= 11 is 1.23. The number of hydrogen-bond donors (Lipinski definition) is 2. The number of carbonyl (C=O) groups excluding carboxylic acids is 1. The Kier molecular flexibility index (Phi) is 7.48. The van der Waals surface area contributed by atoms with Crippen LogP contribution in [-0.4, -0.2) is 54.5 Å². The minimum absolute atomic E-state index is 0.143. The van der Waals surface area contributed by atoms with Crippen LogP contribution in [0.4, 0.5) is 18.9 Å². The van der Waals surface area contributed by atoms with E-state index in [0.717, 1.165) is 17.5 Å². The van der Waals surface area contributed by atoms with Gasteiger partial charge < -0.3 is 15.2 Å². The molecule has 0 spiro atoms. The molecule has 0 saturated carbocycles. The van der Waals surface area contributed by atoms with Crippen molar-refractivity contribution < 1.29 is 18.0 Å². The van der Waals surface area contributed by atoms with Crippen molar-refractivity contribution in [1.82, 2.24) is 34.7 Å². The number of anilines is 1. The molecule has 4 rings (SSSR count). The smallest absolute Gasteiger partial charge is 0.382 e. The average Bonchev–Trinajstić information content (AvgIpc) is 3.42. The minimum Gasteiger partial charge on any atom is -0.382 e. The number of alkyl halides is 3. The van der Waals surface area contributed by atoms with E-state index < -0.39 is 12.6 Å². The zero-order valence-electron chi connectivity index (χ0n) is 19.9. The van der Waals surface area contributed by atoms with Crippen molar-refractivity contribution in [2.24, 2.45) is 7.05 Å². The van der Waals surface area contributed by atoms with E-state index in [-0.39, 0.29) is 12.5 Å². The molecule has 0 fully saturated rings. The third kappa shape index (κ3) is 5.78. The number of halogens is 3. The molecule has 0 atom stereocenters. The van der Waals surface area contributed by atoms with Gasteiger partial charge in [0.05, 0.1) is 24.0 Å². The largest absolute Gasteiger partial charge is 0.390 e. The molecule has 36 heavy (non-hydrogen) atoms. The molecule has 0 unspecified atom stereocenters. The van der Waals surface area contributed by atoms with E-state index in [1.807, 2.05) is 19.9 Å². The first-order valence-electron chi connectivity index (χ1n) is 11.3. The Labute approximate surface area is 209 Å². The Morgan fingerprint density at radius 3 is 2.67 bits per heavy atom. The van der Waals surface area contributed by atoms with Crippen LogP contribution in [0.25, 0.3) is 16.9 Å². The van der Waals surface area contributed by atoms with E-state index in [2.05, 4.69) is 30.9 Å². The zero-order valence-corrected chi connectivity index (χ0v) is 20.7. The highest BCUT2D eigenvalue weighted by Crippen LogP contribution is 2.31. The summed E-state index contributed by atoms with van der Waals surface area (Å²) in [6.45, 7) is 4.12. The van der Waals surface area contributed by atoms with Gasteiger partial charge in [0.1, 0.15) is 11.4 Å². The lowest BCUT2D eigenvalue weighted by molar-refractivity contribution is -0.131. The van der Waals surface area contributed by atoms with Crippen LogP contribution < -0.4 is 10.6 Å². The van der Waals surface area contributed by atoms with Crippen molar-refractivity contribution in [3.63, 3.8) is 0 Å². The SMILES string of the molecule is CCCNC(=O)c1ccc(-c2cnc3c(NCCC(F)(F)F)cc(Sc4nncn4C)nn23)cc1C. The fraction of sp³-hybridized carbons (Fsp3) is 0.348. The molecule has 0 radical (unpaired) electrons. The predicted molar refractivity (Wildman–Crippen MR) is 130 cm³/mol. The van der Waals surface area contributed by atoms with Gasteiger partial charge in [-0.15, -0.1) is 10.2 Å². The Balaban J connectivity index is 1.72. The molecule has 9 nitrogen and oxygen atoms in total. The van der Waals surface area contributed by atoms with Crippen LogP contribution in [0.2, 0.25) is 0 Å². The van der Waals surface area contributed by atoms with Gasteiger partial charge in [0.15, 0.2) is 10.8 Å². The van der Waals surface area contributed by atoms with Crippen molar-refractivity contribution >= 4 is 29.0 Å². The summed E-state index contributed by atoms with van der Waals surface area (Å²) in [4.78, 5) is 16.9. The van der Waals surface area contributed by atoms with E-state index in [1.165, 1.54) is 11.8 Å². The van der Waals surface area contributed by atoms with Gasteiger partial charge in [0.2, 0.25) is 0 Å². The molecule has 0 aliphatic carbocycles. The summed E-state index contributed by atoms with van der Waals surface area (Å²) in [5.41, 5.74) is 3.55. The molecule has 2 N–H and O–H groups in total. The number of nitrogens with one attached hydrogen (secondary N) is 2. The van der Waals surface area contributed by atoms with E-state index in [4.69, 9.17) is 0 Å². The highest BCUT2D eigenvalue weighted by atomic mass is 32.2. The Bertz CT molecular complexity index is 1380. The van der Waals surface area contributed by atoms with Crippen LogP contribution in [0, 0.1) is 6.92 Å². The zero-order chi connectivity index (χ0) is 25.9. The summed E-state index contributed by atoms with van der Waals surface area (Å²) in [5, 5.41) is 19.4. The first kappa shape index (κ1) is 25.5. The second kappa shape index (κ2) is 10.6. The van der Waals surface area contributed by atoms with Gasteiger partial charge in [-0.3, -0.25) is 4.79 Å². The fourth-order valence-electron chi connectivity index (χ4n) is 3.53. The number of nitrogens with zero attached hydrogens (tertiary/aromatic N) is 6. The minimum atomic E-state index is -4.28. The number of hydrogen-bond acceptors (Lipinski definition) is 7. The summed E-state index contributed by atoms with van der Waals surface area (Å²) in [6, 6.07) is 7.06. The molecule has 3 heterocycles. The Morgan fingerprint density at radius 1 is 1.19 bits per heavy atom. The van der Waals surface area contributed by atoms with Crippen LogP contribution in [0.15, 0.2) is 47.0 Å². The molecule has 1 aromatic carbocycles. The maximum Gasteiger partial charge on any atom is 0.390 e. The quantitative estimate of drug-likeness (QED) is 0.337. The first-order valence-corrected chi connectivity index (χ1v) is 12.1. The highest BCUT2D eigenvalue weighted by molar-refractivity contribution is 7.99. The molecule has 0 bridgehead atoms. The van der Waals surface area contributed by atoms with Crippen molar-refractivity contribution in [1.29, 1.82) is 0 Å². The third-order valence-corrected chi connectivity index (χ3v) is 6.30. The highest BCUT2D eigenvalue weighted by Gasteiger charge is 2.26. The topological polar surface area (TPSA) is 102 Å². The summed E-state index contributed by atoms with van der Waals surface area (Å²) < 4.78 is 41.5. The molecule has 13 heteroatoms. The summed E-state index contributed by atoms with van der Waals surface area (Å²) in [7, 11) is 1.78. The summed E-state index contributed by atoms with van der Waals surface area (Å²) in [6.07, 6.45) is -1.27. The molecule has 1 amide bonds. The normalized spacial score (nSPS) is 11.7. The van der Waals surface area contributed by atoms with Crippen molar-refractivity contribution in [2.75, 3.05) is 18.4 Å². The van der Waals surface area contributed by atoms with E-state index in [9.17, 15) is 18.0 Å². The second-order valence-corrected chi connectivity index (χ2v) is 9.17. The van der Waals surface area contributed by atoms with E-state index in [1.54, 1.807) is 46.9 Å². The molecule has 4 aromatic rings. The standard InChI is InChI=1S/C23H25F3N8OS/c1-4-8-28-21(35)16-6-5-15(10-14(16)2)18-12-29-20-17(27-9-7-23(24,25)26)11-19(32-34(18)20)36-22-31-30-13-33(22)3/h5-6,10-13,27H,4,7-9H2,1-3H3,(H,28,35). The Hall–Kier alpha value is -3.61. The number of imidazole rings is 1. The molecular weight excluding hydrogens is 493 g/mol. The lowest BCUT2D eigenvalue weighted by Crippen LogP contribution is -2.24. The molecule has 0 aliphatic rings. The molecule has 0 saturated heterocycles. The first-order chi connectivity index (χ1) is 17.2. The molecular formula is C23H25F3N8OS. The predicted octanol–water partition coefficient (Wildman–Crippen LogP) is 4.49. The fourth-order valence-corrected chi connectivity index (χ4v) is 4.30. The van der Waals surface area contributed by atoms with Gasteiger partial charge >= 0.3 is 6.18 Å². The van der Waals surface area contributed by atoms with Gasteiger partial charge in [0.25, 0.3) is 5.91 Å². The van der Waals surface area contributed by atoms with E-state index in [0.29, 0.717) is 39.3 Å². The van der Waals surface area contributed by atoms with Crippen molar-refractivity contribution in [3.05, 3.63) is 47.9 Å². The van der Waals surface area contributed by atoms with Gasteiger partial charge in [-0.2, -0.15) is 18.3 Å². The van der Waals surface area contributed by atoms with Gasteiger partial charge in [0, 0.05) is 31.3 Å². The number of aryl methyl sites for hydroxylation is 2. The molecule has 190 valence electrons. The second-order valence-electron chi connectivity index (χ2n) is 8.18. The van der Waals surface area contributed by atoms with Crippen LogP contribution in [0.1, 0.15) is 35.7 Å². The van der Waals surface area contributed by atoms with Crippen molar-refractivity contribution in [3.8, 4) is 11.3 Å². The number of amides is 1. The molecule has 3 aromatic heterocycles. The van der Waals surface area contributed by atoms with Gasteiger partial charge in [-0.25, -0.2) is 9.50 Å². The lowest BCUT2D eigenvalue weighted by Gasteiger charge is -2.12. The van der Waals surface area contributed by atoms with E-state index >= 15 is 0 Å². The molecule has 0 aliphatic heterocycles. The number of rotatable bonds is 9. The van der Waals surface area contributed by atoms with Crippen LogP contribution in [0.5, 0.6) is 0 Å². The monoisotopic (exact) mass is 518 g/mol. The van der Waals surface area contributed by atoms with Crippen LogP contribution in [0.3, 0.4) is 0 Å². The van der Waals surface area contributed by atoms with Crippen molar-refractivity contribution in [2.45, 2.75) is 43.0 Å².